The molecular formula is C15H27NO2. The van der Waals surface area contributed by atoms with Crippen LogP contribution in [0.5, 0.6) is 0 Å². The Morgan fingerprint density at radius 3 is 2.56 bits per heavy atom. The molecule has 3 heteroatoms. The van der Waals surface area contributed by atoms with Crippen LogP contribution >= 0.6 is 0 Å². The molecule has 0 amide bonds. The molecule has 1 atom stereocenters. The summed E-state index contributed by atoms with van der Waals surface area (Å²) in [4.78, 5) is 0. The van der Waals surface area contributed by atoms with Gasteiger partial charge in [-0.25, -0.2) is 0 Å². The van der Waals surface area contributed by atoms with Gasteiger partial charge in [0.25, 0.3) is 0 Å². The van der Waals surface area contributed by atoms with E-state index >= 15 is 0 Å². The van der Waals surface area contributed by atoms with E-state index in [-0.39, 0.29) is 5.60 Å². The first kappa shape index (κ1) is 12.9. The van der Waals surface area contributed by atoms with Gasteiger partial charge in [-0.1, -0.05) is 32.1 Å². The van der Waals surface area contributed by atoms with Crippen molar-refractivity contribution in [2.75, 3.05) is 26.4 Å². The van der Waals surface area contributed by atoms with Crippen LogP contribution in [0, 0.1) is 5.92 Å². The molecular weight excluding hydrogens is 226 g/mol. The van der Waals surface area contributed by atoms with Crippen molar-refractivity contribution in [3.8, 4) is 0 Å². The number of morpholine rings is 1. The van der Waals surface area contributed by atoms with E-state index in [2.05, 4.69) is 5.32 Å². The van der Waals surface area contributed by atoms with Gasteiger partial charge in [0.1, 0.15) is 0 Å². The second-order valence-electron chi connectivity index (χ2n) is 6.27. The van der Waals surface area contributed by atoms with Crippen molar-refractivity contribution in [2.45, 2.75) is 63.0 Å². The molecule has 1 unspecified atom stereocenters. The van der Waals surface area contributed by atoms with Crippen LogP contribution in [0.4, 0.5) is 0 Å². The molecule has 104 valence electrons. The highest BCUT2D eigenvalue weighted by atomic mass is 16.5. The van der Waals surface area contributed by atoms with Crippen molar-refractivity contribution < 1.29 is 9.47 Å². The van der Waals surface area contributed by atoms with Crippen molar-refractivity contribution in [3.05, 3.63) is 0 Å². The zero-order chi connectivity index (χ0) is 12.3. The Morgan fingerprint density at radius 2 is 1.78 bits per heavy atom. The van der Waals surface area contributed by atoms with Crippen LogP contribution in [0.1, 0.15) is 51.4 Å². The molecule has 18 heavy (non-hydrogen) atoms. The molecule has 3 fully saturated rings. The predicted octanol–water partition coefficient (Wildman–Crippen LogP) is 2.49. The standard InChI is InChI=1S/C15H27NO2/c1-2-4-13(5-3-1)12-14-15(18-11-8-16-14)6-9-17-10-7-15/h13-14,16H,1-12H2. The van der Waals surface area contributed by atoms with E-state index in [1.54, 1.807) is 0 Å². The smallest absolute Gasteiger partial charge is 0.0879 e. The molecule has 1 aliphatic carbocycles. The summed E-state index contributed by atoms with van der Waals surface area (Å²) in [6.45, 7) is 3.66. The first-order valence-electron chi connectivity index (χ1n) is 7.84. The number of hydrogen-bond donors (Lipinski definition) is 1. The van der Waals surface area contributed by atoms with Crippen molar-refractivity contribution in [3.63, 3.8) is 0 Å². The lowest BCUT2D eigenvalue weighted by Crippen LogP contribution is -2.60. The summed E-state index contributed by atoms with van der Waals surface area (Å²) in [6, 6.07) is 0.568. The minimum atomic E-state index is 0.0912. The maximum atomic E-state index is 6.22. The summed E-state index contributed by atoms with van der Waals surface area (Å²) < 4.78 is 11.7. The van der Waals surface area contributed by atoms with Gasteiger partial charge in [-0.05, 0) is 12.3 Å². The largest absolute Gasteiger partial charge is 0.381 e. The molecule has 0 bridgehead atoms. The summed E-state index contributed by atoms with van der Waals surface area (Å²) >= 11 is 0. The minimum absolute atomic E-state index is 0.0912. The highest BCUT2D eigenvalue weighted by Crippen LogP contribution is 2.36. The Kier molecular flexibility index (Phi) is 4.22. The molecule has 2 saturated heterocycles. The summed E-state index contributed by atoms with van der Waals surface area (Å²) in [5.74, 6) is 0.928. The van der Waals surface area contributed by atoms with Gasteiger partial charge in [0.15, 0.2) is 0 Å². The summed E-state index contributed by atoms with van der Waals surface area (Å²) in [6.07, 6.45) is 10.7. The molecule has 2 heterocycles. The highest BCUT2D eigenvalue weighted by Gasteiger charge is 2.43. The predicted molar refractivity (Wildman–Crippen MR) is 71.7 cm³/mol. The maximum absolute atomic E-state index is 6.22. The number of hydrogen-bond acceptors (Lipinski definition) is 3. The molecule has 3 aliphatic rings. The van der Waals surface area contributed by atoms with Crippen LogP contribution in [0.15, 0.2) is 0 Å². The lowest BCUT2D eigenvalue weighted by molar-refractivity contribution is -0.151. The van der Waals surface area contributed by atoms with Gasteiger partial charge in [0.2, 0.25) is 0 Å². The quantitative estimate of drug-likeness (QED) is 0.820. The average molecular weight is 253 g/mol. The van der Waals surface area contributed by atoms with E-state index in [1.807, 2.05) is 0 Å². The van der Waals surface area contributed by atoms with Gasteiger partial charge >= 0.3 is 0 Å². The lowest BCUT2D eigenvalue weighted by atomic mass is 9.76. The van der Waals surface area contributed by atoms with Crippen molar-refractivity contribution in [2.24, 2.45) is 5.92 Å². The molecule has 1 spiro atoms. The van der Waals surface area contributed by atoms with E-state index in [9.17, 15) is 0 Å². The third kappa shape index (κ3) is 2.73. The summed E-state index contributed by atoms with van der Waals surface area (Å²) in [5.41, 5.74) is 0.0912. The Hall–Kier alpha value is -0.120. The van der Waals surface area contributed by atoms with Gasteiger partial charge in [0, 0.05) is 38.6 Å². The van der Waals surface area contributed by atoms with Gasteiger partial charge in [-0.2, -0.15) is 0 Å². The Labute approximate surface area is 111 Å². The second-order valence-corrected chi connectivity index (χ2v) is 6.27. The molecule has 3 rings (SSSR count). The van der Waals surface area contributed by atoms with Crippen LogP contribution in [0.3, 0.4) is 0 Å². The Morgan fingerprint density at radius 1 is 1.00 bits per heavy atom. The van der Waals surface area contributed by atoms with Gasteiger partial charge < -0.3 is 14.8 Å². The number of nitrogens with one attached hydrogen (secondary N) is 1. The Balaban J connectivity index is 1.63. The molecule has 2 aliphatic heterocycles. The van der Waals surface area contributed by atoms with E-state index in [4.69, 9.17) is 9.47 Å². The SMILES string of the molecule is C1CCC(CC2NCCOC23CCOCC3)CC1. The molecule has 0 radical (unpaired) electrons. The fourth-order valence-electron chi connectivity index (χ4n) is 4.04. The van der Waals surface area contributed by atoms with E-state index in [0.29, 0.717) is 6.04 Å². The first-order chi connectivity index (χ1) is 8.89. The van der Waals surface area contributed by atoms with Gasteiger partial charge in [0.05, 0.1) is 12.2 Å². The number of ether oxygens (including phenoxy) is 2. The van der Waals surface area contributed by atoms with Crippen molar-refractivity contribution in [1.82, 2.24) is 5.32 Å². The van der Waals surface area contributed by atoms with Crippen LogP contribution < -0.4 is 5.32 Å². The van der Waals surface area contributed by atoms with Crippen molar-refractivity contribution in [1.29, 1.82) is 0 Å². The fraction of sp³-hybridized carbons (Fsp3) is 1.00. The van der Waals surface area contributed by atoms with Crippen LogP contribution in [-0.2, 0) is 9.47 Å². The molecule has 1 N–H and O–H groups in total. The van der Waals surface area contributed by atoms with Crippen LogP contribution in [-0.4, -0.2) is 38.0 Å². The normalized spacial score (nSPS) is 33.7. The molecule has 3 nitrogen and oxygen atoms in total. The molecule has 1 saturated carbocycles. The summed E-state index contributed by atoms with van der Waals surface area (Å²) in [7, 11) is 0. The maximum Gasteiger partial charge on any atom is 0.0879 e. The third-order valence-corrected chi connectivity index (χ3v) is 5.15. The van der Waals surface area contributed by atoms with E-state index < -0.39 is 0 Å². The third-order valence-electron chi connectivity index (χ3n) is 5.15. The topological polar surface area (TPSA) is 30.5 Å². The van der Waals surface area contributed by atoms with Crippen LogP contribution in [0.2, 0.25) is 0 Å². The first-order valence-corrected chi connectivity index (χ1v) is 7.84. The molecule has 0 aromatic heterocycles. The zero-order valence-electron chi connectivity index (χ0n) is 11.5. The second kappa shape index (κ2) is 5.89. The van der Waals surface area contributed by atoms with Crippen LogP contribution in [0.25, 0.3) is 0 Å². The highest BCUT2D eigenvalue weighted by molar-refractivity contribution is 4.98. The fourth-order valence-corrected chi connectivity index (χ4v) is 4.04. The monoisotopic (exact) mass is 253 g/mol. The van der Waals surface area contributed by atoms with E-state index in [0.717, 1.165) is 45.1 Å². The average Bonchev–Trinajstić information content (AvgIpc) is 2.44. The molecule has 0 aromatic carbocycles. The lowest BCUT2D eigenvalue weighted by Gasteiger charge is -2.48. The zero-order valence-corrected chi connectivity index (χ0v) is 11.5. The Bertz CT molecular complexity index is 249. The van der Waals surface area contributed by atoms with Crippen molar-refractivity contribution >= 4 is 0 Å². The van der Waals surface area contributed by atoms with Gasteiger partial charge in [-0.3, -0.25) is 0 Å². The summed E-state index contributed by atoms with van der Waals surface area (Å²) in [5, 5.41) is 3.75. The van der Waals surface area contributed by atoms with Gasteiger partial charge in [-0.15, -0.1) is 0 Å². The minimum Gasteiger partial charge on any atom is -0.381 e. The molecule has 0 aromatic rings. The van der Waals surface area contributed by atoms with E-state index in [1.165, 1.54) is 38.5 Å². The number of rotatable bonds is 2.